The van der Waals surface area contributed by atoms with E-state index in [1.54, 1.807) is 6.92 Å². The number of rotatable bonds is 2. The molecule has 2 rings (SSSR count). The number of allylic oxidation sites excluding steroid dienone is 1. The molecule has 1 fully saturated rings. The standard InChI is InChI=1S/C11H16O4/c1-2-13-10(12)9-5-3-4-6-11(9)14-7-8-15-11/h3,5,9H,2,4,6-8H2,1H3. The van der Waals surface area contributed by atoms with Gasteiger partial charge in [0.25, 0.3) is 0 Å². The van der Waals surface area contributed by atoms with E-state index in [4.69, 9.17) is 14.2 Å². The molecule has 0 radical (unpaired) electrons. The molecule has 0 bridgehead atoms. The zero-order chi connectivity index (χ0) is 10.7. The first-order valence-electron chi connectivity index (χ1n) is 5.40. The van der Waals surface area contributed by atoms with Crippen LogP contribution in [0.3, 0.4) is 0 Å². The van der Waals surface area contributed by atoms with Crippen LogP contribution >= 0.6 is 0 Å². The number of hydrogen-bond donors (Lipinski definition) is 0. The average Bonchev–Trinajstić information content (AvgIpc) is 2.68. The minimum Gasteiger partial charge on any atom is -0.465 e. The molecule has 0 saturated carbocycles. The Hall–Kier alpha value is -0.870. The minimum atomic E-state index is -0.749. The minimum absolute atomic E-state index is 0.254. The number of hydrogen-bond acceptors (Lipinski definition) is 4. The van der Waals surface area contributed by atoms with Gasteiger partial charge in [-0.3, -0.25) is 4.79 Å². The highest BCUT2D eigenvalue weighted by atomic mass is 16.7. The Kier molecular flexibility index (Phi) is 3.07. The average molecular weight is 212 g/mol. The monoisotopic (exact) mass is 212 g/mol. The first-order valence-corrected chi connectivity index (χ1v) is 5.40. The zero-order valence-electron chi connectivity index (χ0n) is 8.90. The summed E-state index contributed by atoms with van der Waals surface area (Å²) in [6.45, 7) is 3.31. The third-order valence-corrected chi connectivity index (χ3v) is 2.78. The predicted octanol–water partition coefficient (Wildman–Crippen LogP) is 1.26. The van der Waals surface area contributed by atoms with Gasteiger partial charge in [-0.25, -0.2) is 0 Å². The SMILES string of the molecule is CCOC(=O)C1C=CCCC12OCCO2. The summed E-state index contributed by atoms with van der Waals surface area (Å²) in [7, 11) is 0. The van der Waals surface area contributed by atoms with Gasteiger partial charge in [-0.2, -0.15) is 0 Å². The molecular weight excluding hydrogens is 196 g/mol. The third-order valence-electron chi connectivity index (χ3n) is 2.78. The fourth-order valence-electron chi connectivity index (χ4n) is 2.10. The predicted molar refractivity (Wildman–Crippen MR) is 53.1 cm³/mol. The lowest BCUT2D eigenvalue weighted by molar-refractivity contribution is -0.205. The Morgan fingerprint density at radius 1 is 1.53 bits per heavy atom. The second-order valence-electron chi connectivity index (χ2n) is 3.71. The van der Waals surface area contributed by atoms with Gasteiger partial charge < -0.3 is 14.2 Å². The van der Waals surface area contributed by atoms with E-state index in [2.05, 4.69) is 0 Å². The molecule has 0 aromatic carbocycles. The number of carbonyl (C=O) groups is 1. The van der Waals surface area contributed by atoms with Gasteiger partial charge in [0, 0.05) is 6.42 Å². The molecule has 1 saturated heterocycles. The summed E-state index contributed by atoms with van der Waals surface area (Å²) in [5.41, 5.74) is 0. The van der Waals surface area contributed by atoms with E-state index < -0.39 is 11.7 Å². The van der Waals surface area contributed by atoms with E-state index >= 15 is 0 Å². The van der Waals surface area contributed by atoms with Crippen molar-refractivity contribution in [2.24, 2.45) is 5.92 Å². The molecule has 1 atom stereocenters. The molecule has 84 valence electrons. The molecule has 0 aromatic heterocycles. The Balaban J connectivity index is 2.15. The number of esters is 1. The van der Waals surface area contributed by atoms with Crippen LogP contribution in [0, 0.1) is 5.92 Å². The van der Waals surface area contributed by atoms with E-state index in [9.17, 15) is 4.79 Å². The van der Waals surface area contributed by atoms with Gasteiger partial charge >= 0.3 is 5.97 Å². The molecule has 1 spiro atoms. The quantitative estimate of drug-likeness (QED) is 0.510. The lowest BCUT2D eigenvalue weighted by atomic mass is 9.89. The van der Waals surface area contributed by atoms with Crippen molar-refractivity contribution in [3.63, 3.8) is 0 Å². The van der Waals surface area contributed by atoms with E-state index in [1.165, 1.54) is 0 Å². The van der Waals surface area contributed by atoms with Crippen molar-refractivity contribution in [1.29, 1.82) is 0 Å². The number of ether oxygens (including phenoxy) is 3. The summed E-state index contributed by atoms with van der Waals surface area (Å²) in [5, 5.41) is 0. The highest BCUT2D eigenvalue weighted by Crippen LogP contribution is 2.37. The van der Waals surface area contributed by atoms with Crippen molar-refractivity contribution in [1.82, 2.24) is 0 Å². The van der Waals surface area contributed by atoms with E-state index in [0.717, 1.165) is 12.8 Å². The smallest absolute Gasteiger partial charge is 0.318 e. The topological polar surface area (TPSA) is 44.8 Å². The molecule has 2 aliphatic rings. The maximum Gasteiger partial charge on any atom is 0.318 e. The Bertz CT molecular complexity index is 266. The molecule has 1 heterocycles. The van der Waals surface area contributed by atoms with Crippen LogP contribution in [0.5, 0.6) is 0 Å². The van der Waals surface area contributed by atoms with E-state index in [-0.39, 0.29) is 5.97 Å². The third kappa shape index (κ3) is 1.92. The first-order chi connectivity index (χ1) is 7.28. The van der Waals surface area contributed by atoms with Gasteiger partial charge in [0.05, 0.1) is 19.8 Å². The van der Waals surface area contributed by atoms with Crippen LogP contribution in [0.1, 0.15) is 19.8 Å². The number of carbonyl (C=O) groups excluding carboxylic acids is 1. The van der Waals surface area contributed by atoms with Crippen LogP contribution in [0.4, 0.5) is 0 Å². The molecule has 1 unspecified atom stereocenters. The van der Waals surface area contributed by atoms with Crippen molar-refractivity contribution in [2.75, 3.05) is 19.8 Å². The maximum absolute atomic E-state index is 11.7. The van der Waals surface area contributed by atoms with Crippen LogP contribution in [-0.2, 0) is 19.0 Å². The fourth-order valence-corrected chi connectivity index (χ4v) is 2.10. The summed E-state index contributed by atoms with van der Waals surface area (Å²) in [4.78, 5) is 11.7. The highest BCUT2D eigenvalue weighted by Gasteiger charge is 2.48. The summed E-state index contributed by atoms with van der Waals surface area (Å²) in [6.07, 6.45) is 5.44. The Labute approximate surface area is 89.2 Å². The maximum atomic E-state index is 11.7. The molecule has 1 aliphatic heterocycles. The fraction of sp³-hybridized carbons (Fsp3) is 0.727. The van der Waals surface area contributed by atoms with E-state index in [1.807, 2.05) is 12.2 Å². The van der Waals surface area contributed by atoms with Crippen LogP contribution in [0.2, 0.25) is 0 Å². The van der Waals surface area contributed by atoms with Crippen molar-refractivity contribution in [3.05, 3.63) is 12.2 Å². The van der Waals surface area contributed by atoms with Gasteiger partial charge in [-0.15, -0.1) is 0 Å². The molecule has 4 nitrogen and oxygen atoms in total. The van der Waals surface area contributed by atoms with Crippen molar-refractivity contribution in [2.45, 2.75) is 25.6 Å². The zero-order valence-corrected chi connectivity index (χ0v) is 8.90. The Morgan fingerprint density at radius 2 is 2.27 bits per heavy atom. The van der Waals surface area contributed by atoms with Crippen molar-refractivity contribution in [3.8, 4) is 0 Å². The molecule has 15 heavy (non-hydrogen) atoms. The first kappa shape index (κ1) is 10.6. The van der Waals surface area contributed by atoms with E-state index in [0.29, 0.717) is 19.8 Å². The van der Waals surface area contributed by atoms with Crippen molar-refractivity contribution >= 4 is 5.97 Å². The molecule has 0 N–H and O–H groups in total. The second kappa shape index (κ2) is 4.33. The second-order valence-corrected chi connectivity index (χ2v) is 3.71. The molecule has 1 aliphatic carbocycles. The summed E-state index contributed by atoms with van der Waals surface area (Å²) < 4.78 is 16.2. The lowest BCUT2D eigenvalue weighted by Crippen LogP contribution is -2.44. The van der Waals surface area contributed by atoms with Gasteiger partial charge in [0.2, 0.25) is 0 Å². The summed E-state index contributed by atoms with van der Waals surface area (Å²) >= 11 is 0. The van der Waals surface area contributed by atoms with Gasteiger partial charge in [0.15, 0.2) is 5.79 Å². The van der Waals surface area contributed by atoms with Crippen LogP contribution in [0.15, 0.2) is 12.2 Å². The summed E-state index contributed by atoms with van der Waals surface area (Å²) in [6, 6.07) is 0. The largest absolute Gasteiger partial charge is 0.465 e. The molecule has 4 heteroatoms. The van der Waals surface area contributed by atoms with Crippen molar-refractivity contribution < 1.29 is 19.0 Å². The molecule has 0 amide bonds. The van der Waals surface area contributed by atoms with Crippen LogP contribution in [-0.4, -0.2) is 31.6 Å². The normalized spacial score (nSPS) is 28.2. The summed E-state index contributed by atoms with van der Waals surface area (Å²) in [5.74, 6) is -1.41. The lowest BCUT2D eigenvalue weighted by Gasteiger charge is -2.34. The van der Waals surface area contributed by atoms with Gasteiger partial charge in [-0.1, -0.05) is 12.2 Å². The highest BCUT2D eigenvalue weighted by molar-refractivity contribution is 5.76. The molecule has 0 aromatic rings. The van der Waals surface area contributed by atoms with Crippen LogP contribution < -0.4 is 0 Å². The van der Waals surface area contributed by atoms with Gasteiger partial charge in [0.1, 0.15) is 5.92 Å². The van der Waals surface area contributed by atoms with Crippen LogP contribution in [0.25, 0.3) is 0 Å². The molecular formula is C11H16O4. The van der Waals surface area contributed by atoms with Gasteiger partial charge in [-0.05, 0) is 13.3 Å². The Morgan fingerprint density at radius 3 is 2.93 bits per heavy atom.